The van der Waals surface area contributed by atoms with Crippen LogP contribution in [-0.2, 0) is 19.0 Å². The van der Waals surface area contributed by atoms with Gasteiger partial charge in [-0.1, -0.05) is 27.7 Å². The minimum atomic E-state index is -0.742. The van der Waals surface area contributed by atoms with Crippen molar-refractivity contribution in [2.24, 2.45) is 11.8 Å². The van der Waals surface area contributed by atoms with Crippen LogP contribution in [0.15, 0.2) is 0 Å². The number of hydrogen-bond acceptors (Lipinski definition) is 5. The number of methoxy groups -OCH3 is 1. The molecule has 0 saturated carbocycles. The van der Waals surface area contributed by atoms with Crippen molar-refractivity contribution in [3.63, 3.8) is 0 Å². The lowest BCUT2D eigenvalue weighted by molar-refractivity contribution is -0.155. The fourth-order valence-corrected chi connectivity index (χ4v) is 1.80. The van der Waals surface area contributed by atoms with Gasteiger partial charge in [0.15, 0.2) is 0 Å². The van der Waals surface area contributed by atoms with E-state index in [0.29, 0.717) is 6.61 Å². The van der Waals surface area contributed by atoms with Gasteiger partial charge in [-0.3, -0.25) is 4.90 Å². The van der Waals surface area contributed by atoms with E-state index in [4.69, 9.17) is 14.2 Å². The summed E-state index contributed by atoms with van der Waals surface area (Å²) in [5.41, 5.74) is -0.646. The number of nitrogens with zero attached hydrogens (tertiary/aromatic N) is 1. The van der Waals surface area contributed by atoms with Gasteiger partial charge in [-0.25, -0.2) is 9.59 Å². The zero-order valence-electron chi connectivity index (χ0n) is 15.1. The first-order valence-electron chi connectivity index (χ1n) is 7.64. The highest BCUT2D eigenvalue weighted by Crippen LogP contribution is 2.18. The molecule has 0 aliphatic heterocycles. The van der Waals surface area contributed by atoms with Crippen molar-refractivity contribution in [2.45, 2.75) is 60.1 Å². The van der Waals surface area contributed by atoms with E-state index in [1.54, 1.807) is 20.8 Å². The Kier molecular flexibility index (Phi) is 8.45. The zero-order valence-corrected chi connectivity index (χ0v) is 15.1. The van der Waals surface area contributed by atoms with Gasteiger partial charge < -0.3 is 14.2 Å². The first kappa shape index (κ1) is 20.7. The molecule has 0 heterocycles. The Morgan fingerprint density at radius 1 is 1.09 bits per heavy atom. The molecule has 1 atom stereocenters. The number of carbonyl (C=O) groups is 2. The number of ether oxygens (including phenoxy) is 3. The Labute approximate surface area is 134 Å². The smallest absolute Gasteiger partial charge is 0.412 e. The molecule has 0 aliphatic carbocycles. The SMILES string of the molecule is COCN(C(=O)OC(C)(C)C)[C@H](C(=O)OCC(C)C)C(C)C. The molecule has 0 aliphatic rings. The fourth-order valence-electron chi connectivity index (χ4n) is 1.80. The van der Waals surface area contributed by atoms with Crippen LogP contribution in [0.4, 0.5) is 4.79 Å². The summed E-state index contributed by atoms with van der Waals surface area (Å²) in [6, 6.07) is -0.742. The van der Waals surface area contributed by atoms with E-state index in [1.807, 2.05) is 27.7 Å². The van der Waals surface area contributed by atoms with Crippen molar-refractivity contribution in [3.8, 4) is 0 Å². The molecule has 0 unspecified atom stereocenters. The lowest BCUT2D eigenvalue weighted by Crippen LogP contribution is -2.51. The zero-order chi connectivity index (χ0) is 17.5. The average molecular weight is 317 g/mol. The fraction of sp³-hybridized carbons (Fsp3) is 0.875. The van der Waals surface area contributed by atoms with Crippen molar-refractivity contribution >= 4 is 12.1 Å². The molecule has 1 amide bonds. The monoisotopic (exact) mass is 317 g/mol. The summed E-state index contributed by atoms with van der Waals surface area (Å²) in [5.74, 6) is -0.330. The highest BCUT2D eigenvalue weighted by molar-refractivity contribution is 5.81. The van der Waals surface area contributed by atoms with Crippen LogP contribution in [0.1, 0.15) is 48.5 Å². The summed E-state index contributed by atoms with van der Waals surface area (Å²) in [6.07, 6.45) is -0.588. The molecule has 0 spiro atoms. The van der Waals surface area contributed by atoms with Gasteiger partial charge in [0.2, 0.25) is 0 Å². The molecule has 130 valence electrons. The first-order chi connectivity index (χ1) is 9.99. The van der Waals surface area contributed by atoms with E-state index in [1.165, 1.54) is 12.0 Å². The van der Waals surface area contributed by atoms with Crippen LogP contribution in [0, 0.1) is 11.8 Å². The topological polar surface area (TPSA) is 65.1 Å². The first-order valence-corrected chi connectivity index (χ1v) is 7.64. The Morgan fingerprint density at radius 2 is 1.64 bits per heavy atom. The summed E-state index contributed by atoms with van der Waals surface area (Å²) >= 11 is 0. The molecule has 0 fully saturated rings. The number of amides is 1. The molecule has 0 saturated heterocycles. The van der Waals surface area contributed by atoms with Gasteiger partial charge in [-0.05, 0) is 32.6 Å². The Hall–Kier alpha value is -1.30. The number of hydrogen-bond donors (Lipinski definition) is 0. The maximum Gasteiger partial charge on any atom is 0.412 e. The Morgan fingerprint density at radius 3 is 2.00 bits per heavy atom. The summed E-state index contributed by atoms with van der Waals surface area (Å²) < 4.78 is 15.7. The van der Waals surface area contributed by atoms with Crippen molar-refractivity contribution in [1.82, 2.24) is 4.90 Å². The molecule has 0 N–H and O–H groups in total. The lowest BCUT2D eigenvalue weighted by Gasteiger charge is -2.33. The lowest BCUT2D eigenvalue weighted by atomic mass is 10.0. The van der Waals surface area contributed by atoms with Crippen LogP contribution >= 0.6 is 0 Å². The van der Waals surface area contributed by atoms with Crippen LogP contribution in [0.2, 0.25) is 0 Å². The maximum atomic E-state index is 12.4. The Bertz CT molecular complexity index is 360. The second-order valence-electron chi connectivity index (χ2n) is 7.08. The highest BCUT2D eigenvalue weighted by Gasteiger charge is 2.36. The minimum Gasteiger partial charge on any atom is -0.464 e. The minimum absolute atomic E-state index is 0.0332. The molecule has 6 nitrogen and oxygen atoms in total. The third-order valence-corrected chi connectivity index (χ3v) is 2.66. The van der Waals surface area contributed by atoms with Gasteiger partial charge >= 0.3 is 12.1 Å². The molecular formula is C16H31NO5. The Balaban J connectivity index is 5.17. The van der Waals surface area contributed by atoms with Crippen LogP contribution in [0.3, 0.4) is 0 Å². The van der Waals surface area contributed by atoms with Crippen molar-refractivity contribution in [3.05, 3.63) is 0 Å². The van der Waals surface area contributed by atoms with Crippen molar-refractivity contribution < 1.29 is 23.8 Å². The predicted octanol–water partition coefficient (Wildman–Crippen LogP) is 3.05. The van der Waals surface area contributed by atoms with Crippen LogP contribution in [0.5, 0.6) is 0 Å². The van der Waals surface area contributed by atoms with Gasteiger partial charge in [0, 0.05) is 7.11 Å². The molecule has 0 bridgehead atoms. The van der Waals surface area contributed by atoms with Crippen LogP contribution in [0.25, 0.3) is 0 Å². The molecular weight excluding hydrogens is 286 g/mol. The molecule has 22 heavy (non-hydrogen) atoms. The molecule has 0 aromatic heterocycles. The number of esters is 1. The molecule has 0 aromatic rings. The van der Waals surface area contributed by atoms with E-state index < -0.39 is 23.7 Å². The maximum absolute atomic E-state index is 12.4. The summed E-state index contributed by atoms with van der Waals surface area (Å²) in [4.78, 5) is 26.0. The van der Waals surface area contributed by atoms with Crippen LogP contribution < -0.4 is 0 Å². The van der Waals surface area contributed by atoms with Gasteiger partial charge in [0.1, 0.15) is 18.4 Å². The van der Waals surface area contributed by atoms with E-state index in [9.17, 15) is 9.59 Å². The second kappa shape index (κ2) is 8.98. The number of carbonyl (C=O) groups excluding carboxylic acids is 2. The third kappa shape index (κ3) is 7.64. The summed E-state index contributed by atoms with van der Waals surface area (Å²) in [6.45, 7) is 13.2. The largest absolute Gasteiger partial charge is 0.464 e. The van der Waals surface area contributed by atoms with E-state index in [2.05, 4.69) is 0 Å². The van der Waals surface area contributed by atoms with E-state index in [-0.39, 0.29) is 18.6 Å². The number of rotatable bonds is 7. The van der Waals surface area contributed by atoms with Gasteiger partial charge in [0.05, 0.1) is 6.61 Å². The van der Waals surface area contributed by atoms with Gasteiger partial charge in [0.25, 0.3) is 0 Å². The predicted molar refractivity (Wildman–Crippen MR) is 84.4 cm³/mol. The van der Waals surface area contributed by atoms with E-state index >= 15 is 0 Å². The molecule has 0 radical (unpaired) electrons. The van der Waals surface area contributed by atoms with E-state index in [0.717, 1.165) is 0 Å². The second-order valence-corrected chi connectivity index (χ2v) is 7.08. The standard InChI is InChI=1S/C16H31NO5/c1-11(2)9-21-14(18)13(12(3)4)17(10-20-8)15(19)22-16(5,6)7/h11-13H,9-10H2,1-8H3/t13-/m0/s1. The molecule has 0 aromatic carbocycles. The van der Waals surface area contributed by atoms with Gasteiger partial charge in [-0.15, -0.1) is 0 Å². The average Bonchev–Trinajstić information content (AvgIpc) is 2.33. The molecule has 0 rings (SSSR count). The van der Waals surface area contributed by atoms with Gasteiger partial charge in [-0.2, -0.15) is 0 Å². The molecule has 6 heteroatoms. The van der Waals surface area contributed by atoms with Crippen molar-refractivity contribution in [2.75, 3.05) is 20.4 Å². The third-order valence-electron chi connectivity index (χ3n) is 2.66. The van der Waals surface area contributed by atoms with Crippen molar-refractivity contribution in [1.29, 1.82) is 0 Å². The quantitative estimate of drug-likeness (QED) is 0.533. The van der Waals surface area contributed by atoms with Crippen LogP contribution in [-0.4, -0.2) is 49.1 Å². The summed E-state index contributed by atoms with van der Waals surface area (Å²) in [7, 11) is 1.47. The summed E-state index contributed by atoms with van der Waals surface area (Å²) in [5, 5.41) is 0. The normalized spacial score (nSPS) is 13.2. The highest BCUT2D eigenvalue weighted by atomic mass is 16.6.